The maximum absolute atomic E-state index is 11.7. The van der Waals surface area contributed by atoms with Crippen LogP contribution < -0.4 is 25.0 Å². The van der Waals surface area contributed by atoms with E-state index < -0.39 is 5.97 Å². The summed E-state index contributed by atoms with van der Waals surface area (Å²) >= 11 is 6.34. The van der Waals surface area contributed by atoms with Crippen LogP contribution in [0.3, 0.4) is 0 Å². The molecular formula is C25H27ClN6O3. The zero-order valence-corrected chi connectivity index (χ0v) is 20.4. The monoisotopic (exact) mass is 494 g/mol. The van der Waals surface area contributed by atoms with Gasteiger partial charge in [0.2, 0.25) is 5.95 Å². The van der Waals surface area contributed by atoms with Crippen molar-refractivity contribution in [2.75, 3.05) is 55.9 Å². The van der Waals surface area contributed by atoms with E-state index in [2.05, 4.69) is 50.1 Å². The number of hydrogen-bond donors (Lipinski definition) is 2. The zero-order valence-electron chi connectivity index (χ0n) is 19.6. The first-order chi connectivity index (χ1) is 17.0. The minimum absolute atomic E-state index is 0.303. The van der Waals surface area contributed by atoms with Gasteiger partial charge >= 0.3 is 5.97 Å². The highest BCUT2D eigenvalue weighted by atomic mass is 35.5. The van der Waals surface area contributed by atoms with Crippen molar-refractivity contribution in [2.24, 2.45) is 0 Å². The molecule has 4 rings (SSSR count). The van der Waals surface area contributed by atoms with Crippen molar-refractivity contribution >= 4 is 46.4 Å². The molecule has 0 bridgehead atoms. The number of aromatic nitrogens is 2. The molecule has 3 aromatic rings. The minimum atomic E-state index is -0.567. The number of halogens is 1. The quantitative estimate of drug-likeness (QED) is 0.267. The van der Waals surface area contributed by atoms with Crippen molar-refractivity contribution in [3.05, 3.63) is 66.3 Å². The molecular weight excluding hydrogens is 468 g/mol. The van der Waals surface area contributed by atoms with E-state index in [1.54, 1.807) is 31.4 Å². The van der Waals surface area contributed by atoms with Crippen molar-refractivity contribution in [3.63, 3.8) is 0 Å². The van der Waals surface area contributed by atoms with Gasteiger partial charge in [0, 0.05) is 44.0 Å². The van der Waals surface area contributed by atoms with Crippen LogP contribution in [0.2, 0.25) is 5.02 Å². The first kappa shape index (κ1) is 24.3. The number of anilines is 5. The molecule has 1 saturated heterocycles. The maximum Gasteiger partial charge on any atom is 0.335 e. The first-order valence-corrected chi connectivity index (χ1v) is 11.5. The summed E-state index contributed by atoms with van der Waals surface area (Å²) in [7, 11) is 3.76. The molecule has 0 amide bonds. The van der Waals surface area contributed by atoms with Gasteiger partial charge in [0.15, 0.2) is 11.6 Å². The van der Waals surface area contributed by atoms with E-state index >= 15 is 0 Å². The summed E-state index contributed by atoms with van der Waals surface area (Å²) in [5.41, 5.74) is 2.34. The zero-order chi connectivity index (χ0) is 24.8. The van der Waals surface area contributed by atoms with Crippen molar-refractivity contribution in [2.45, 2.75) is 0 Å². The lowest BCUT2D eigenvalue weighted by Crippen LogP contribution is -2.44. The van der Waals surface area contributed by atoms with E-state index in [0.29, 0.717) is 34.0 Å². The highest BCUT2D eigenvalue weighted by Gasteiger charge is 2.17. The van der Waals surface area contributed by atoms with Crippen LogP contribution in [0.4, 0.5) is 28.8 Å². The minimum Gasteiger partial charge on any atom is -0.494 e. The lowest BCUT2D eigenvalue weighted by molar-refractivity contribution is -0.128. The largest absolute Gasteiger partial charge is 0.494 e. The summed E-state index contributed by atoms with van der Waals surface area (Å²) < 4.78 is 10.9. The average molecular weight is 495 g/mol. The van der Waals surface area contributed by atoms with Crippen LogP contribution in [-0.4, -0.2) is 61.2 Å². The molecule has 182 valence electrons. The van der Waals surface area contributed by atoms with E-state index in [1.165, 1.54) is 6.20 Å². The Hall–Kier alpha value is -3.82. The Morgan fingerprint density at radius 2 is 1.83 bits per heavy atom. The van der Waals surface area contributed by atoms with Gasteiger partial charge in [0.25, 0.3) is 0 Å². The van der Waals surface area contributed by atoms with Gasteiger partial charge in [-0.3, -0.25) is 0 Å². The summed E-state index contributed by atoms with van der Waals surface area (Å²) in [6, 6.07) is 13.0. The van der Waals surface area contributed by atoms with Crippen LogP contribution in [0.15, 0.2) is 61.3 Å². The Morgan fingerprint density at radius 3 is 2.57 bits per heavy atom. The third kappa shape index (κ3) is 6.00. The van der Waals surface area contributed by atoms with Crippen molar-refractivity contribution in [3.8, 4) is 11.5 Å². The fourth-order valence-electron chi connectivity index (χ4n) is 3.62. The first-order valence-electron chi connectivity index (χ1n) is 11.1. The van der Waals surface area contributed by atoms with Crippen LogP contribution >= 0.6 is 11.6 Å². The van der Waals surface area contributed by atoms with Gasteiger partial charge in [0.05, 0.1) is 24.7 Å². The number of nitrogens with one attached hydrogen (secondary N) is 2. The summed E-state index contributed by atoms with van der Waals surface area (Å²) in [6.45, 7) is 7.39. The van der Waals surface area contributed by atoms with Crippen LogP contribution in [0.5, 0.6) is 11.5 Å². The highest BCUT2D eigenvalue weighted by molar-refractivity contribution is 6.33. The number of ether oxygens (including phenoxy) is 2. The number of hydrogen-bond acceptors (Lipinski definition) is 9. The molecule has 0 spiro atoms. The van der Waals surface area contributed by atoms with Crippen molar-refractivity contribution in [1.82, 2.24) is 14.9 Å². The Bertz CT molecular complexity index is 1210. The van der Waals surface area contributed by atoms with Gasteiger partial charge in [-0.15, -0.1) is 0 Å². The summed E-state index contributed by atoms with van der Waals surface area (Å²) in [4.78, 5) is 25.1. The molecule has 1 aliphatic heterocycles. The third-order valence-corrected chi connectivity index (χ3v) is 5.84. The fourth-order valence-corrected chi connectivity index (χ4v) is 3.75. The van der Waals surface area contributed by atoms with E-state index in [9.17, 15) is 4.79 Å². The van der Waals surface area contributed by atoms with E-state index in [-0.39, 0.29) is 0 Å². The summed E-state index contributed by atoms with van der Waals surface area (Å²) in [5, 5.41) is 6.61. The second kappa shape index (κ2) is 11.1. The molecule has 0 saturated carbocycles. The number of benzene rings is 2. The van der Waals surface area contributed by atoms with E-state index in [4.69, 9.17) is 21.1 Å². The number of methoxy groups -OCH3 is 1. The van der Waals surface area contributed by atoms with Gasteiger partial charge in [-0.1, -0.05) is 30.3 Å². The molecule has 0 atom stereocenters. The number of piperazine rings is 1. The van der Waals surface area contributed by atoms with Crippen molar-refractivity contribution in [1.29, 1.82) is 0 Å². The number of nitrogens with zero attached hydrogens (tertiary/aromatic N) is 4. The molecule has 1 aromatic heterocycles. The molecule has 2 heterocycles. The van der Waals surface area contributed by atoms with E-state index in [1.807, 2.05) is 12.1 Å². The normalized spacial score (nSPS) is 13.7. The molecule has 35 heavy (non-hydrogen) atoms. The van der Waals surface area contributed by atoms with Crippen LogP contribution in [0.25, 0.3) is 0 Å². The topological polar surface area (TPSA) is 91.8 Å². The molecule has 0 radical (unpaired) electrons. The Balaban J connectivity index is 1.54. The number of rotatable bonds is 8. The summed E-state index contributed by atoms with van der Waals surface area (Å²) in [6.07, 6.45) is 2.58. The Kier molecular flexibility index (Phi) is 7.69. The number of esters is 1. The predicted octanol–water partition coefficient (Wildman–Crippen LogP) is 4.47. The van der Waals surface area contributed by atoms with Crippen LogP contribution in [0, 0.1) is 0 Å². The standard InChI is InChI=1S/C25H27ClN6O3/c1-4-23(33)35-21-8-6-5-7-19(21)28-24-18(26)16-27-25(30-24)29-20-10-9-17(15-22(20)34-3)32-13-11-31(2)12-14-32/h4-10,15-16H,1,11-14H2,2-3H3,(H2,27,28,29,30). The fraction of sp³-hybridized carbons (Fsp3) is 0.240. The molecule has 1 aliphatic rings. The molecule has 0 aliphatic carbocycles. The van der Waals surface area contributed by atoms with Crippen LogP contribution in [0.1, 0.15) is 0 Å². The van der Waals surface area contributed by atoms with Crippen molar-refractivity contribution < 1.29 is 14.3 Å². The number of likely N-dealkylation sites (N-methyl/N-ethyl adjacent to an activating group) is 1. The second-order valence-corrected chi connectivity index (χ2v) is 8.34. The smallest absolute Gasteiger partial charge is 0.335 e. The molecule has 0 unspecified atom stereocenters. The Morgan fingerprint density at radius 1 is 1.09 bits per heavy atom. The predicted molar refractivity (Wildman–Crippen MR) is 139 cm³/mol. The van der Waals surface area contributed by atoms with Gasteiger partial charge in [0.1, 0.15) is 10.8 Å². The van der Waals surface area contributed by atoms with Gasteiger partial charge in [-0.25, -0.2) is 9.78 Å². The van der Waals surface area contributed by atoms with Crippen LogP contribution in [-0.2, 0) is 4.79 Å². The van der Waals surface area contributed by atoms with Gasteiger partial charge < -0.3 is 29.9 Å². The molecule has 2 aromatic carbocycles. The molecule has 9 nitrogen and oxygen atoms in total. The SMILES string of the molecule is C=CC(=O)Oc1ccccc1Nc1nc(Nc2ccc(N3CCN(C)CC3)cc2OC)ncc1Cl. The highest BCUT2D eigenvalue weighted by Crippen LogP contribution is 2.34. The summed E-state index contributed by atoms with van der Waals surface area (Å²) in [5.74, 6) is 1.10. The lowest BCUT2D eigenvalue weighted by atomic mass is 10.2. The van der Waals surface area contributed by atoms with Gasteiger partial charge in [-0.05, 0) is 31.3 Å². The second-order valence-electron chi connectivity index (χ2n) is 7.94. The number of carbonyl (C=O) groups is 1. The third-order valence-electron chi connectivity index (χ3n) is 5.56. The molecule has 10 heteroatoms. The maximum atomic E-state index is 11.7. The average Bonchev–Trinajstić information content (AvgIpc) is 2.87. The molecule has 2 N–H and O–H groups in total. The Labute approximate surface area is 209 Å². The number of carbonyl (C=O) groups excluding carboxylic acids is 1. The number of para-hydroxylation sites is 2. The van der Waals surface area contributed by atoms with E-state index in [0.717, 1.165) is 43.6 Å². The van der Waals surface area contributed by atoms with Gasteiger partial charge in [-0.2, -0.15) is 4.98 Å². The molecule has 1 fully saturated rings. The lowest BCUT2D eigenvalue weighted by Gasteiger charge is -2.34.